The predicted octanol–water partition coefficient (Wildman–Crippen LogP) is 3.14. The van der Waals surface area contributed by atoms with Crippen LogP contribution in [0.2, 0.25) is 0 Å². The molecule has 3 rings (SSSR count). The Balaban J connectivity index is 1.73. The monoisotopic (exact) mass is 271 g/mol. The Morgan fingerprint density at radius 3 is 2.95 bits per heavy atom. The van der Waals surface area contributed by atoms with E-state index >= 15 is 0 Å². The maximum Gasteiger partial charge on any atom is 0.140 e. The lowest BCUT2D eigenvalue weighted by Gasteiger charge is -2.23. The highest BCUT2D eigenvalue weighted by Gasteiger charge is 2.22. The van der Waals surface area contributed by atoms with Gasteiger partial charge >= 0.3 is 0 Å². The van der Waals surface area contributed by atoms with Gasteiger partial charge in [0.15, 0.2) is 0 Å². The van der Waals surface area contributed by atoms with E-state index < -0.39 is 0 Å². The summed E-state index contributed by atoms with van der Waals surface area (Å²) in [7, 11) is 2.11. The molecule has 2 heterocycles. The fraction of sp³-hybridized carbons (Fsp3) is 0.500. The standard InChI is InChI=1S/C16H21N3O/c1-12(14-8-5-6-10-17-14)19(2)11-15-13-7-3-4-9-16(13)20-18-15/h5-6,8,10,12H,3-4,7,9,11H2,1-2H3/t12-/m0/s1. The number of fused-ring (bicyclic) bond motifs is 1. The molecule has 0 saturated heterocycles. The fourth-order valence-electron chi connectivity index (χ4n) is 2.80. The summed E-state index contributed by atoms with van der Waals surface area (Å²) in [6, 6.07) is 6.32. The molecule has 0 bridgehead atoms. The van der Waals surface area contributed by atoms with Gasteiger partial charge < -0.3 is 4.52 Å². The van der Waals surface area contributed by atoms with Crippen molar-refractivity contribution < 1.29 is 4.52 Å². The van der Waals surface area contributed by atoms with Gasteiger partial charge in [0.1, 0.15) is 11.5 Å². The highest BCUT2D eigenvalue weighted by atomic mass is 16.5. The molecule has 0 aromatic carbocycles. The summed E-state index contributed by atoms with van der Waals surface area (Å²) in [5.74, 6) is 1.10. The van der Waals surface area contributed by atoms with Crippen LogP contribution in [0.5, 0.6) is 0 Å². The summed E-state index contributed by atoms with van der Waals surface area (Å²) in [4.78, 5) is 6.70. The molecule has 1 aliphatic carbocycles. The van der Waals surface area contributed by atoms with E-state index in [0.29, 0.717) is 0 Å². The zero-order valence-electron chi connectivity index (χ0n) is 12.2. The van der Waals surface area contributed by atoms with Crippen molar-refractivity contribution in [3.8, 4) is 0 Å². The van der Waals surface area contributed by atoms with Crippen molar-refractivity contribution >= 4 is 0 Å². The van der Waals surface area contributed by atoms with Gasteiger partial charge in [0.05, 0.1) is 5.69 Å². The molecule has 2 aromatic heterocycles. The zero-order chi connectivity index (χ0) is 13.9. The van der Waals surface area contributed by atoms with Gasteiger partial charge in [-0.15, -0.1) is 0 Å². The van der Waals surface area contributed by atoms with Crippen molar-refractivity contribution in [2.45, 2.75) is 45.2 Å². The van der Waals surface area contributed by atoms with Crippen LogP contribution in [0.25, 0.3) is 0 Å². The number of rotatable bonds is 4. The molecule has 20 heavy (non-hydrogen) atoms. The summed E-state index contributed by atoms with van der Waals surface area (Å²) in [5, 5.41) is 4.28. The third kappa shape index (κ3) is 2.61. The van der Waals surface area contributed by atoms with Crippen molar-refractivity contribution in [3.05, 3.63) is 47.1 Å². The molecule has 0 amide bonds. The van der Waals surface area contributed by atoms with Gasteiger partial charge in [-0.2, -0.15) is 0 Å². The Morgan fingerprint density at radius 2 is 2.15 bits per heavy atom. The summed E-state index contributed by atoms with van der Waals surface area (Å²) in [5.41, 5.74) is 3.54. The molecule has 0 unspecified atom stereocenters. The van der Waals surface area contributed by atoms with E-state index in [1.165, 1.54) is 18.4 Å². The maximum atomic E-state index is 5.48. The largest absolute Gasteiger partial charge is 0.361 e. The number of aryl methyl sites for hydroxylation is 1. The Bertz CT molecular complexity index is 564. The maximum absolute atomic E-state index is 5.48. The molecule has 1 aliphatic rings. The van der Waals surface area contributed by atoms with Crippen molar-refractivity contribution in [1.82, 2.24) is 15.0 Å². The van der Waals surface area contributed by atoms with Gasteiger partial charge in [-0.05, 0) is 45.4 Å². The minimum absolute atomic E-state index is 0.271. The molecule has 0 aliphatic heterocycles. The second-order valence-corrected chi connectivity index (χ2v) is 5.58. The van der Waals surface area contributed by atoms with E-state index in [0.717, 1.165) is 36.5 Å². The number of hydrogen-bond acceptors (Lipinski definition) is 4. The van der Waals surface area contributed by atoms with Gasteiger partial charge in [-0.3, -0.25) is 9.88 Å². The van der Waals surface area contributed by atoms with Crippen molar-refractivity contribution in [2.24, 2.45) is 0 Å². The Kier molecular flexibility index (Phi) is 3.83. The SMILES string of the molecule is C[C@@H](c1ccccn1)N(C)Cc1noc2c1CCCC2. The molecular weight excluding hydrogens is 250 g/mol. The second-order valence-electron chi connectivity index (χ2n) is 5.58. The Morgan fingerprint density at radius 1 is 1.30 bits per heavy atom. The van der Waals surface area contributed by atoms with Crippen LogP contribution in [0.1, 0.15) is 48.5 Å². The number of pyridine rings is 1. The van der Waals surface area contributed by atoms with Crippen LogP contribution in [0.4, 0.5) is 0 Å². The van der Waals surface area contributed by atoms with Crippen molar-refractivity contribution in [1.29, 1.82) is 0 Å². The molecule has 4 heteroatoms. The molecule has 0 fully saturated rings. The smallest absolute Gasteiger partial charge is 0.140 e. The number of nitrogens with zero attached hydrogens (tertiary/aromatic N) is 3. The van der Waals surface area contributed by atoms with Crippen LogP contribution < -0.4 is 0 Å². The van der Waals surface area contributed by atoms with E-state index in [1.54, 1.807) is 0 Å². The lowest BCUT2D eigenvalue weighted by atomic mass is 9.96. The molecule has 1 atom stereocenters. The van der Waals surface area contributed by atoms with Crippen LogP contribution in [-0.2, 0) is 19.4 Å². The molecule has 4 nitrogen and oxygen atoms in total. The Labute approximate surface area is 119 Å². The molecular formula is C16H21N3O. The molecule has 0 spiro atoms. The first-order valence-corrected chi connectivity index (χ1v) is 7.33. The topological polar surface area (TPSA) is 42.2 Å². The van der Waals surface area contributed by atoms with Crippen LogP contribution in [0.15, 0.2) is 28.9 Å². The summed E-state index contributed by atoms with van der Waals surface area (Å²) < 4.78 is 5.48. The van der Waals surface area contributed by atoms with Crippen LogP contribution in [0, 0.1) is 0 Å². The minimum atomic E-state index is 0.271. The van der Waals surface area contributed by atoms with E-state index in [4.69, 9.17) is 4.52 Å². The van der Waals surface area contributed by atoms with Crippen LogP contribution in [0.3, 0.4) is 0 Å². The average molecular weight is 271 g/mol. The molecule has 106 valence electrons. The number of hydrogen-bond donors (Lipinski definition) is 0. The molecule has 2 aromatic rings. The van der Waals surface area contributed by atoms with Gasteiger partial charge in [0.2, 0.25) is 0 Å². The van der Waals surface area contributed by atoms with Gasteiger partial charge in [-0.25, -0.2) is 0 Å². The predicted molar refractivity (Wildman–Crippen MR) is 77.3 cm³/mol. The van der Waals surface area contributed by atoms with Crippen molar-refractivity contribution in [2.75, 3.05) is 7.05 Å². The van der Waals surface area contributed by atoms with E-state index in [2.05, 4.69) is 35.1 Å². The summed E-state index contributed by atoms with van der Waals surface area (Å²) >= 11 is 0. The third-order valence-electron chi connectivity index (χ3n) is 4.21. The first-order chi connectivity index (χ1) is 9.75. The average Bonchev–Trinajstić information content (AvgIpc) is 2.91. The number of aromatic nitrogens is 2. The normalized spacial score (nSPS) is 16.1. The van der Waals surface area contributed by atoms with Crippen LogP contribution >= 0.6 is 0 Å². The van der Waals surface area contributed by atoms with Gasteiger partial charge in [0, 0.05) is 30.8 Å². The quantitative estimate of drug-likeness (QED) is 0.856. The lowest BCUT2D eigenvalue weighted by Crippen LogP contribution is -2.23. The van der Waals surface area contributed by atoms with Gasteiger partial charge in [0.25, 0.3) is 0 Å². The molecule has 0 saturated carbocycles. The highest BCUT2D eigenvalue weighted by Crippen LogP contribution is 2.26. The first-order valence-electron chi connectivity index (χ1n) is 7.33. The van der Waals surface area contributed by atoms with E-state index in [1.807, 2.05) is 18.3 Å². The van der Waals surface area contributed by atoms with Crippen LogP contribution in [-0.4, -0.2) is 22.1 Å². The summed E-state index contributed by atoms with van der Waals surface area (Å²) in [6.45, 7) is 2.99. The second kappa shape index (κ2) is 5.75. The zero-order valence-corrected chi connectivity index (χ0v) is 12.2. The van der Waals surface area contributed by atoms with Crippen molar-refractivity contribution in [3.63, 3.8) is 0 Å². The van der Waals surface area contributed by atoms with E-state index in [-0.39, 0.29) is 6.04 Å². The van der Waals surface area contributed by atoms with Gasteiger partial charge in [-0.1, -0.05) is 11.2 Å². The fourth-order valence-corrected chi connectivity index (χ4v) is 2.80. The summed E-state index contributed by atoms with van der Waals surface area (Å²) in [6.07, 6.45) is 6.47. The molecule has 0 N–H and O–H groups in total. The minimum Gasteiger partial charge on any atom is -0.361 e. The lowest BCUT2D eigenvalue weighted by molar-refractivity contribution is 0.240. The first kappa shape index (κ1) is 13.3. The third-order valence-corrected chi connectivity index (χ3v) is 4.21. The molecule has 0 radical (unpaired) electrons. The highest BCUT2D eigenvalue weighted by molar-refractivity contribution is 5.25. The van der Waals surface area contributed by atoms with E-state index in [9.17, 15) is 0 Å². The Hall–Kier alpha value is -1.68.